The summed E-state index contributed by atoms with van der Waals surface area (Å²) in [6.45, 7) is 2.00. The van der Waals surface area contributed by atoms with Crippen molar-refractivity contribution in [2.75, 3.05) is 5.73 Å². The van der Waals surface area contributed by atoms with E-state index in [1.807, 2.05) is 37.3 Å². The Morgan fingerprint density at radius 3 is 2.69 bits per heavy atom. The van der Waals surface area contributed by atoms with Crippen LogP contribution in [0, 0.1) is 12.8 Å². The predicted octanol–water partition coefficient (Wildman–Crippen LogP) is 3.79. The maximum absolute atomic E-state index is 11.5. The van der Waals surface area contributed by atoms with E-state index in [0.29, 0.717) is 17.3 Å². The second kappa shape index (κ2) is 6.62. The van der Waals surface area contributed by atoms with E-state index in [2.05, 4.69) is 9.38 Å². The number of anilines is 1. The SMILES string of the molecule is Cc1cnc(N)c2c(-c3cc4ccccc4o3)nc(C3CCC(C(N)=O)CC3)n12. The van der Waals surface area contributed by atoms with Gasteiger partial charge in [0.1, 0.15) is 28.4 Å². The number of amides is 1. The van der Waals surface area contributed by atoms with Crippen LogP contribution in [0.3, 0.4) is 0 Å². The summed E-state index contributed by atoms with van der Waals surface area (Å²) >= 11 is 0. The summed E-state index contributed by atoms with van der Waals surface area (Å²) in [6.07, 6.45) is 5.08. The smallest absolute Gasteiger partial charge is 0.220 e. The number of aryl methyl sites for hydroxylation is 1. The average molecular weight is 389 g/mol. The minimum atomic E-state index is -0.205. The first-order valence-corrected chi connectivity index (χ1v) is 9.94. The van der Waals surface area contributed by atoms with E-state index in [1.165, 1.54) is 0 Å². The zero-order valence-corrected chi connectivity index (χ0v) is 16.3. The van der Waals surface area contributed by atoms with Crippen LogP contribution in [0.4, 0.5) is 5.82 Å². The molecule has 7 heteroatoms. The standard InChI is InChI=1S/C22H23N5O2/c1-12-11-25-20(23)19-18(17-10-15-4-2-3-5-16(15)29-17)26-22(27(12)19)14-8-6-13(7-9-14)21(24)28/h2-5,10-11,13-14H,6-9H2,1H3,(H2,23,25)(H2,24,28). The Morgan fingerprint density at radius 1 is 1.21 bits per heavy atom. The maximum atomic E-state index is 11.5. The fourth-order valence-electron chi connectivity index (χ4n) is 4.49. The molecule has 148 valence electrons. The summed E-state index contributed by atoms with van der Waals surface area (Å²) in [7, 11) is 0. The van der Waals surface area contributed by atoms with Crippen molar-refractivity contribution in [3.05, 3.63) is 48.0 Å². The number of para-hydroxylation sites is 1. The van der Waals surface area contributed by atoms with Crippen molar-refractivity contribution in [1.29, 1.82) is 0 Å². The number of nitrogens with zero attached hydrogens (tertiary/aromatic N) is 3. The third-order valence-electron chi connectivity index (χ3n) is 6.04. The summed E-state index contributed by atoms with van der Waals surface area (Å²) in [4.78, 5) is 20.9. The van der Waals surface area contributed by atoms with E-state index in [0.717, 1.165) is 53.7 Å². The van der Waals surface area contributed by atoms with Crippen LogP contribution in [-0.4, -0.2) is 20.3 Å². The molecular formula is C22H23N5O2. The molecular weight excluding hydrogens is 366 g/mol. The minimum Gasteiger partial charge on any atom is -0.454 e. The van der Waals surface area contributed by atoms with E-state index in [4.69, 9.17) is 20.9 Å². The molecule has 0 saturated heterocycles. The molecule has 1 aromatic carbocycles. The summed E-state index contributed by atoms with van der Waals surface area (Å²) < 4.78 is 8.18. The fourth-order valence-corrected chi connectivity index (χ4v) is 4.49. The van der Waals surface area contributed by atoms with E-state index in [9.17, 15) is 4.79 Å². The van der Waals surface area contributed by atoms with Crippen molar-refractivity contribution >= 4 is 28.2 Å². The Morgan fingerprint density at radius 2 is 1.97 bits per heavy atom. The Bertz CT molecular complexity index is 1200. The van der Waals surface area contributed by atoms with Crippen molar-refractivity contribution in [3.8, 4) is 11.5 Å². The lowest BCUT2D eigenvalue weighted by atomic mass is 9.81. The molecule has 3 heterocycles. The predicted molar refractivity (Wildman–Crippen MR) is 111 cm³/mol. The van der Waals surface area contributed by atoms with Gasteiger partial charge in [-0.15, -0.1) is 0 Å². The highest BCUT2D eigenvalue weighted by molar-refractivity contribution is 5.89. The van der Waals surface area contributed by atoms with Crippen LogP contribution in [0.5, 0.6) is 0 Å². The molecule has 4 aromatic rings. The van der Waals surface area contributed by atoms with Crippen LogP contribution in [0.2, 0.25) is 0 Å². The second-order valence-corrected chi connectivity index (χ2v) is 7.89. The van der Waals surface area contributed by atoms with Gasteiger partial charge in [0.15, 0.2) is 5.76 Å². The van der Waals surface area contributed by atoms with Crippen LogP contribution < -0.4 is 11.5 Å². The number of carbonyl (C=O) groups excluding carboxylic acids is 1. The number of aromatic nitrogens is 3. The first-order valence-electron chi connectivity index (χ1n) is 9.94. The number of hydrogen-bond donors (Lipinski definition) is 2. The van der Waals surface area contributed by atoms with Crippen LogP contribution in [-0.2, 0) is 4.79 Å². The van der Waals surface area contributed by atoms with Gasteiger partial charge < -0.3 is 15.9 Å². The molecule has 29 heavy (non-hydrogen) atoms. The van der Waals surface area contributed by atoms with E-state index in [-0.39, 0.29) is 17.7 Å². The highest BCUT2D eigenvalue weighted by Gasteiger charge is 2.30. The molecule has 1 amide bonds. The lowest BCUT2D eigenvalue weighted by molar-refractivity contribution is -0.122. The van der Waals surface area contributed by atoms with Crippen LogP contribution in [0.15, 0.2) is 40.9 Å². The Balaban J connectivity index is 1.66. The van der Waals surface area contributed by atoms with Gasteiger partial charge in [-0.25, -0.2) is 9.97 Å². The molecule has 0 radical (unpaired) electrons. The van der Waals surface area contributed by atoms with Crippen molar-refractivity contribution in [2.45, 2.75) is 38.5 Å². The number of imidazole rings is 1. The number of nitrogen functional groups attached to an aromatic ring is 1. The summed E-state index contributed by atoms with van der Waals surface area (Å²) in [5.74, 6) is 2.04. The van der Waals surface area contributed by atoms with Crippen LogP contribution >= 0.6 is 0 Å². The van der Waals surface area contributed by atoms with Crippen LogP contribution in [0.25, 0.3) is 27.9 Å². The van der Waals surface area contributed by atoms with Gasteiger partial charge in [0, 0.05) is 29.1 Å². The molecule has 1 saturated carbocycles. The largest absolute Gasteiger partial charge is 0.454 e. The van der Waals surface area contributed by atoms with Gasteiger partial charge in [0.05, 0.1) is 0 Å². The Kier molecular flexibility index (Phi) is 4.04. The Labute approximate surface area is 167 Å². The molecule has 7 nitrogen and oxygen atoms in total. The molecule has 1 fully saturated rings. The van der Waals surface area contributed by atoms with Gasteiger partial charge in [-0.1, -0.05) is 18.2 Å². The number of furan rings is 1. The lowest BCUT2D eigenvalue weighted by Crippen LogP contribution is -2.27. The zero-order valence-electron chi connectivity index (χ0n) is 16.3. The van der Waals surface area contributed by atoms with Crippen molar-refractivity contribution in [2.24, 2.45) is 11.7 Å². The molecule has 0 unspecified atom stereocenters. The van der Waals surface area contributed by atoms with Gasteiger partial charge in [-0.2, -0.15) is 0 Å². The zero-order chi connectivity index (χ0) is 20.1. The van der Waals surface area contributed by atoms with Crippen molar-refractivity contribution in [1.82, 2.24) is 14.4 Å². The third kappa shape index (κ3) is 2.85. The molecule has 0 spiro atoms. The first kappa shape index (κ1) is 17.7. The number of primary amides is 1. The van der Waals surface area contributed by atoms with Crippen LogP contribution in [0.1, 0.15) is 43.1 Å². The molecule has 3 aromatic heterocycles. The first-order chi connectivity index (χ1) is 14.0. The minimum absolute atomic E-state index is 0.0415. The summed E-state index contributed by atoms with van der Waals surface area (Å²) in [5, 5.41) is 1.02. The summed E-state index contributed by atoms with van der Waals surface area (Å²) in [5.41, 5.74) is 15.1. The van der Waals surface area contributed by atoms with E-state index < -0.39 is 0 Å². The van der Waals surface area contributed by atoms with Gasteiger partial charge in [0.2, 0.25) is 5.91 Å². The number of carbonyl (C=O) groups is 1. The van der Waals surface area contributed by atoms with E-state index >= 15 is 0 Å². The number of rotatable bonds is 3. The van der Waals surface area contributed by atoms with Gasteiger partial charge in [0.25, 0.3) is 0 Å². The van der Waals surface area contributed by atoms with Crippen molar-refractivity contribution in [3.63, 3.8) is 0 Å². The average Bonchev–Trinajstić information content (AvgIpc) is 3.33. The van der Waals surface area contributed by atoms with Gasteiger partial charge in [-0.3, -0.25) is 9.20 Å². The van der Waals surface area contributed by atoms with E-state index in [1.54, 1.807) is 6.20 Å². The van der Waals surface area contributed by atoms with Gasteiger partial charge >= 0.3 is 0 Å². The normalized spacial score (nSPS) is 19.8. The number of benzene rings is 1. The molecule has 0 aliphatic heterocycles. The number of hydrogen-bond acceptors (Lipinski definition) is 5. The third-order valence-corrected chi connectivity index (χ3v) is 6.04. The summed E-state index contributed by atoms with van der Waals surface area (Å²) in [6, 6.07) is 9.88. The Hall–Kier alpha value is -3.35. The highest BCUT2D eigenvalue weighted by atomic mass is 16.3. The molecule has 0 bridgehead atoms. The maximum Gasteiger partial charge on any atom is 0.220 e. The topological polar surface area (TPSA) is 112 Å². The molecule has 0 atom stereocenters. The van der Waals surface area contributed by atoms with Crippen molar-refractivity contribution < 1.29 is 9.21 Å². The molecule has 4 N–H and O–H groups in total. The quantitative estimate of drug-likeness (QED) is 0.553. The van der Waals surface area contributed by atoms with Gasteiger partial charge in [-0.05, 0) is 44.7 Å². The second-order valence-electron chi connectivity index (χ2n) is 7.89. The molecule has 1 aliphatic rings. The fraction of sp³-hybridized carbons (Fsp3) is 0.318. The lowest BCUT2D eigenvalue weighted by Gasteiger charge is -2.26. The molecule has 1 aliphatic carbocycles. The molecule has 5 rings (SSSR count). The number of nitrogens with two attached hydrogens (primary N) is 2. The monoisotopic (exact) mass is 389 g/mol. The highest BCUT2D eigenvalue weighted by Crippen LogP contribution is 2.40. The number of fused-ring (bicyclic) bond motifs is 2.